The summed E-state index contributed by atoms with van der Waals surface area (Å²) >= 11 is 1.45. The van der Waals surface area contributed by atoms with Crippen molar-refractivity contribution in [3.05, 3.63) is 51.2 Å². The minimum Gasteiger partial charge on any atom is -0.321 e. The van der Waals surface area contributed by atoms with Crippen LogP contribution in [0.3, 0.4) is 0 Å². The second-order valence-electron chi connectivity index (χ2n) is 6.11. The third kappa shape index (κ3) is 3.64. The highest BCUT2D eigenvalue weighted by molar-refractivity contribution is 7.14. The fourth-order valence-electron chi connectivity index (χ4n) is 3.03. The van der Waals surface area contributed by atoms with E-state index in [0.29, 0.717) is 10.8 Å². The van der Waals surface area contributed by atoms with Gasteiger partial charge in [0.05, 0.1) is 10.4 Å². The monoisotopic (exact) mass is 353 g/mol. The number of amides is 1. The second kappa shape index (κ2) is 6.59. The Morgan fingerprint density at radius 3 is 2.83 bits per heavy atom. The molecule has 1 amide bonds. The van der Waals surface area contributed by atoms with Gasteiger partial charge >= 0.3 is 6.18 Å². The molecule has 1 aromatic heterocycles. The van der Waals surface area contributed by atoms with Crippen molar-refractivity contribution in [1.82, 2.24) is 0 Å². The third-order valence-electron chi connectivity index (χ3n) is 4.43. The van der Waals surface area contributed by atoms with E-state index in [0.717, 1.165) is 37.8 Å². The van der Waals surface area contributed by atoms with Crippen LogP contribution in [-0.4, -0.2) is 5.91 Å². The van der Waals surface area contributed by atoms with Crippen molar-refractivity contribution < 1.29 is 18.0 Å². The number of fused-ring (bicyclic) bond motifs is 1. The summed E-state index contributed by atoms with van der Waals surface area (Å²) in [5.74, 6) is 0.313. The van der Waals surface area contributed by atoms with Crippen LogP contribution < -0.4 is 5.32 Å². The van der Waals surface area contributed by atoms with Gasteiger partial charge in [-0.15, -0.1) is 11.3 Å². The van der Waals surface area contributed by atoms with E-state index in [2.05, 4.69) is 12.2 Å². The Labute approximate surface area is 142 Å². The lowest BCUT2D eigenvalue weighted by Crippen LogP contribution is -2.12. The fourth-order valence-corrected chi connectivity index (χ4v) is 4.13. The number of alkyl halides is 3. The Morgan fingerprint density at radius 1 is 1.33 bits per heavy atom. The average Bonchev–Trinajstić information content (AvgIpc) is 2.97. The number of benzene rings is 1. The number of rotatable bonds is 3. The number of anilines is 1. The van der Waals surface area contributed by atoms with Crippen molar-refractivity contribution >= 4 is 22.9 Å². The van der Waals surface area contributed by atoms with Crippen LogP contribution >= 0.6 is 11.3 Å². The lowest BCUT2D eigenvalue weighted by molar-refractivity contribution is -0.137. The summed E-state index contributed by atoms with van der Waals surface area (Å²) in [6.07, 6.45) is -0.188. The lowest BCUT2D eigenvalue weighted by Gasteiger charge is -2.19. The highest BCUT2D eigenvalue weighted by Gasteiger charge is 2.30. The van der Waals surface area contributed by atoms with Gasteiger partial charge in [-0.2, -0.15) is 13.2 Å². The Balaban J connectivity index is 1.76. The maximum atomic E-state index is 12.7. The Bertz CT molecular complexity index is 751. The number of carbonyl (C=O) groups is 1. The van der Waals surface area contributed by atoms with Gasteiger partial charge in [0.25, 0.3) is 5.91 Å². The molecule has 0 fully saturated rings. The van der Waals surface area contributed by atoms with Gasteiger partial charge in [-0.1, -0.05) is 19.4 Å². The number of hydrogen-bond donors (Lipinski definition) is 1. The minimum absolute atomic E-state index is 0.160. The highest BCUT2D eigenvalue weighted by atomic mass is 32.1. The van der Waals surface area contributed by atoms with Crippen molar-refractivity contribution in [3.63, 3.8) is 0 Å². The first-order chi connectivity index (χ1) is 11.4. The standard InChI is InChI=1S/C18H18F3NOS/c1-2-11-6-7-15-12(8-11)9-16(24-15)17(23)22-14-5-3-4-13(10-14)18(19,20)21/h3-5,9-11H,2,6-8H2,1H3,(H,22,23)/t11-/m1/s1. The molecule has 1 heterocycles. The summed E-state index contributed by atoms with van der Waals surface area (Å²) in [5.41, 5.74) is 0.608. The molecule has 24 heavy (non-hydrogen) atoms. The second-order valence-corrected chi connectivity index (χ2v) is 7.25. The van der Waals surface area contributed by atoms with Gasteiger partial charge in [-0.05, 0) is 55.0 Å². The topological polar surface area (TPSA) is 29.1 Å². The van der Waals surface area contributed by atoms with Gasteiger partial charge < -0.3 is 5.32 Å². The predicted molar refractivity (Wildman–Crippen MR) is 89.5 cm³/mol. The Morgan fingerprint density at radius 2 is 2.12 bits per heavy atom. The zero-order valence-corrected chi connectivity index (χ0v) is 14.1. The van der Waals surface area contributed by atoms with Crippen LogP contribution in [0.25, 0.3) is 0 Å². The quantitative estimate of drug-likeness (QED) is 0.772. The number of nitrogens with one attached hydrogen (secondary N) is 1. The third-order valence-corrected chi connectivity index (χ3v) is 5.67. The molecule has 0 saturated heterocycles. The normalized spacial score (nSPS) is 17.4. The summed E-state index contributed by atoms with van der Waals surface area (Å²) in [6.45, 7) is 2.17. The number of aryl methyl sites for hydroxylation is 1. The minimum atomic E-state index is -4.42. The van der Waals surface area contributed by atoms with Crippen LogP contribution in [0.2, 0.25) is 0 Å². The van der Waals surface area contributed by atoms with Crippen LogP contribution in [0.4, 0.5) is 18.9 Å². The summed E-state index contributed by atoms with van der Waals surface area (Å²) in [7, 11) is 0. The molecule has 0 aliphatic heterocycles. The summed E-state index contributed by atoms with van der Waals surface area (Å²) in [5, 5.41) is 2.58. The molecule has 1 aliphatic carbocycles. The molecule has 128 valence electrons. The van der Waals surface area contributed by atoms with E-state index in [1.807, 2.05) is 6.07 Å². The first-order valence-electron chi connectivity index (χ1n) is 7.97. The van der Waals surface area contributed by atoms with Crippen molar-refractivity contribution in [2.75, 3.05) is 5.32 Å². The SMILES string of the molecule is CC[C@@H]1CCc2sc(C(=O)Nc3cccc(C(F)(F)F)c3)cc2C1. The number of hydrogen-bond acceptors (Lipinski definition) is 2. The maximum Gasteiger partial charge on any atom is 0.416 e. The number of halogens is 3. The molecule has 0 bridgehead atoms. The molecule has 1 N–H and O–H groups in total. The van der Waals surface area contributed by atoms with Gasteiger partial charge in [0.15, 0.2) is 0 Å². The van der Waals surface area contributed by atoms with Gasteiger partial charge in [-0.3, -0.25) is 4.79 Å². The van der Waals surface area contributed by atoms with Crippen molar-refractivity contribution in [2.24, 2.45) is 5.92 Å². The molecule has 0 unspecified atom stereocenters. The van der Waals surface area contributed by atoms with Crippen LogP contribution in [-0.2, 0) is 19.0 Å². The molecular formula is C18H18F3NOS. The van der Waals surface area contributed by atoms with Crippen LogP contribution in [0.5, 0.6) is 0 Å². The first kappa shape index (κ1) is 17.0. The Hall–Kier alpha value is -1.82. The molecule has 0 saturated carbocycles. The lowest BCUT2D eigenvalue weighted by atomic mass is 9.87. The molecule has 2 aromatic rings. The van der Waals surface area contributed by atoms with Gasteiger partial charge in [0, 0.05) is 10.6 Å². The zero-order valence-electron chi connectivity index (χ0n) is 13.2. The first-order valence-corrected chi connectivity index (χ1v) is 8.78. The Kier molecular flexibility index (Phi) is 4.67. The maximum absolute atomic E-state index is 12.7. The molecular weight excluding hydrogens is 335 g/mol. The van der Waals surface area contributed by atoms with Gasteiger partial charge in [0.2, 0.25) is 0 Å². The van der Waals surface area contributed by atoms with E-state index in [4.69, 9.17) is 0 Å². The molecule has 1 aliphatic rings. The molecule has 1 aromatic carbocycles. The molecule has 0 radical (unpaired) electrons. The smallest absolute Gasteiger partial charge is 0.321 e. The van der Waals surface area contributed by atoms with E-state index in [1.165, 1.54) is 33.9 Å². The summed E-state index contributed by atoms with van der Waals surface area (Å²) in [6, 6.07) is 6.60. The zero-order chi connectivity index (χ0) is 17.3. The largest absolute Gasteiger partial charge is 0.416 e. The molecule has 6 heteroatoms. The molecule has 1 atom stereocenters. The molecule has 3 rings (SSSR count). The summed E-state index contributed by atoms with van der Waals surface area (Å²) < 4.78 is 38.2. The van der Waals surface area contributed by atoms with Crippen LogP contribution in [0.1, 0.15) is 45.4 Å². The fraction of sp³-hybridized carbons (Fsp3) is 0.389. The van der Waals surface area contributed by atoms with E-state index in [-0.39, 0.29) is 11.6 Å². The van der Waals surface area contributed by atoms with Gasteiger partial charge in [-0.25, -0.2) is 0 Å². The molecule has 0 spiro atoms. The highest BCUT2D eigenvalue weighted by Crippen LogP contribution is 2.34. The van der Waals surface area contributed by atoms with E-state index in [1.54, 1.807) is 0 Å². The van der Waals surface area contributed by atoms with Crippen molar-refractivity contribution in [3.8, 4) is 0 Å². The van der Waals surface area contributed by atoms with E-state index in [9.17, 15) is 18.0 Å². The average molecular weight is 353 g/mol. The molecule has 2 nitrogen and oxygen atoms in total. The van der Waals surface area contributed by atoms with E-state index < -0.39 is 11.7 Å². The van der Waals surface area contributed by atoms with Crippen molar-refractivity contribution in [2.45, 2.75) is 38.8 Å². The summed E-state index contributed by atoms with van der Waals surface area (Å²) in [4.78, 5) is 14.2. The van der Waals surface area contributed by atoms with E-state index >= 15 is 0 Å². The number of carbonyl (C=O) groups excluding carboxylic acids is 1. The van der Waals surface area contributed by atoms with Crippen LogP contribution in [0.15, 0.2) is 30.3 Å². The van der Waals surface area contributed by atoms with Gasteiger partial charge in [0.1, 0.15) is 0 Å². The van der Waals surface area contributed by atoms with Crippen molar-refractivity contribution in [1.29, 1.82) is 0 Å². The van der Waals surface area contributed by atoms with Crippen LogP contribution in [0, 0.1) is 5.92 Å². The predicted octanol–water partition coefficient (Wildman–Crippen LogP) is 5.53. The number of thiophene rings is 1.